The smallest absolute Gasteiger partial charge is 0.357 e. The zero-order valence-corrected chi connectivity index (χ0v) is 14.3. The monoisotopic (exact) mass is 340 g/mol. The third-order valence-electron chi connectivity index (χ3n) is 4.43. The Labute approximate surface area is 146 Å². The maximum Gasteiger partial charge on any atom is 0.357 e. The van der Waals surface area contributed by atoms with Crippen molar-refractivity contribution in [3.63, 3.8) is 0 Å². The molecule has 7 heteroatoms. The van der Waals surface area contributed by atoms with Gasteiger partial charge in [-0.05, 0) is 25.0 Å². The molecule has 0 spiro atoms. The molecule has 0 atom stereocenters. The quantitative estimate of drug-likeness (QED) is 0.859. The van der Waals surface area contributed by atoms with E-state index >= 15 is 0 Å². The lowest BCUT2D eigenvalue weighted by Crippen LogP contribution is -2.18. The third-order valence-corrected chi connectivity index (χ3v) is 4.43. The van der Waals surface area contributed by atoms with Gasteiger partial charge in [-0.3, -0.25) is 0 Å². The number of nitrogens with zero attached hydrogens (tertiary/aromatic N) is 3. The number of carbonyl (C=O) groups excluding carboxylic acids is 1. The minimum atomic E-state index is -0.596. The highest BCUT2D eigenvalue weighted by atomic mass is 16.5. The van der Waals surface area contributed by atoms with E-state index in [4.69, 9.17) is 15.2 Å². The number of nitrogen functional groups attached to an aromatic ring is 1. The van der Waals surface area contributed by atoms with Crippen LogP contribution in [0.2, 0.25) is 0 Å². The van der Waals surface area contributed by atoms with E-state index in [9.17, 15) is 10.1 Å². The predicted octanol–water partition coefficient (Wildman–Crippen LogP) is 2.33. The van der Waals surface area contributed by atoms with Crippen LogP contribution in [0.4, 0.5) is 11.4 Å². The van der Waals surface area contributed by atoms with Crippen molar-refractivity contribution in [3.05, 3.63) is 35.7 Å². The van der Waals surface area contributed by atoms with Crippen LogP contribution in [0.1, 0.15) is 28.9 Å². The molecule has 0 saturated carbocycles. The van der Waals surface area contributed by atoms with Crippen LogP contribution in [-0.2, 0) is 4.74 Å². The number of methoxy groups -OCH3 is 2. The first-order valence-corrected chi connectivity index (χ1v) is 8.03. The Balaban J connectivity index is 2.11. The molecular weight excluding hydrogens is 320 g/mol. The Morgan fingerprint density at radius 3 is 2.60 bits per heavy atom. The van der Waals surface area contributed by atoms with E-state index in [2.05, 4.69) is 4.90 Å². The number of esters is 1. The van der Waals surface area contributed by atoms with Crippen LogP contribution in [0.5, 0.6) is 5.75 Å². The van der Waals surface area contributed by atoms with Crippen molar-refractivity contribution >= 4 is 17.3 Å². The molecule has 0 unspecified atom stereocenters. The van der Waals surface area contributed by atoms with Gasteiger partial charge < -0.3 is 24.7 Å². The van der Waals surface area contributed by atoms with Gasteiger partial charge in [0.25, 0.3) is 0 Å². The van der Waals surface area contributed by atoms with Gasteiger partial charge in [-0.2, -0.15) is 5.26 Å². The third kappa shape index (κ3) is 2.87. The summed E-state index contributed by atoms with van der Waals surface area (Å²) >= 11 is 0. The summed E-state index contributed by atoms with van der Waals surface area (Å²) in [5, 5.41) is 9.22. The molecule has 1 saturated heterocycles. The number of nitriles is 1. The van der Waals surface area contributed by atoms with Crippen LogP contribution in [0.15, 0.2) is 24.4 Å². The highest BCUT2D eigenvalue weighted by Crippen LogP contribution is 2.34. The topological polar surface area (TPSA) is 93.5 Å². The molecule has 1 aromatic carbocycles. The zero-order chi connectivity index (χ0) is 18.0. The number of carbonyl (C=O) groups is 1. The lowest BCUT2D eigenvalue weighted by molar-refractivity contribution is 0.0593. The molecule has 0 bridgehead atoms. The van der Waals surface area contributed by atoms with Gasteiger partial charge in [-0.15, -0.1) is 0 Å². The van der Waals surface area contributed by atoms with Crippen molar-refractivity contribution in [2.75, 3.05) is 37.9 Å². The second kappa shape index (κ2) is 6.77. The molecular formula is C18H20N4O3. The molecule has 130 valence electrons. The van der Waals surface area contributed by atoms with E-state index < -0.39 is 5.97 Å². The molecule has 1 aromatic heterocycles. The minimum absolute atomic E-state index is 0.108. The molecule has 1 aliphatic rings. The van der Waals surface area contributed by atoms with Gasteiger partial charge >= 0.3 is 5.97 Å². The lowest BCUT2D eigenvalue weighted by Gasteiger charge is -2.21. The number of ether oxygens (including phenoxy) is 2. The fourth-order valence-electron chi connectivity index (χ4n) is 3.15. The van der Waals surface area contributed by atoms with E-state index in [0.717, 1.165) is 31.6 Å². The standard InChI is InChI=1S/C18H20N4O3/c1-24-15-9-13(5-6-14(15)21-7-3-4-8-21)22-11-12(10-19)16(20)17(22)18(23)25-2/h5-6,9,11H,3-4,7-8,20H2,1-2H3. The molecule has 2 N–H and O–H groups in total. The molecule has 1 aliphatic heterocycles. The molecule has 0 amide bonds. The van der Waals surface area contributed by atoms with Crippen molar-refractivity contribution in [2.24, 2.45) is 0 Å². The van der Waals surface area contributed by atoms with Crippen LogP contribution in [0.25, 0.3) is 5.69 Å². The number of nitrogens with two attached hydrogens (primary N) is 1. The highest BCUT2D eigenvalue weighted by Gasteiger charge is 2.23. The predicted molar refractivity (Wildman–Crippen MR) is 94.2 cm³/mol. The van der Waals surface area contributed by atoms with E-state index in [0.29, 0.717) is 11.4 Å². The summed E-state index contributed by atoms with van der Waals surface area (Å²) in [5.74, 6) is 0.114. The summed E-state index contributed by atoms with van der Waals surface area (Å²) in [6.45, 7) is 2.00. The Morgan fingerprint density at radius 1 is 1.28 bits per heavy atom. The average Bonchev–Trinajstić information content (AvgIpc) is 3.28. The maximum atomic E-state index is 12.1. The van der Waals surface area contributed by atoms with E-state index in [1.165, 1.54) is 13.3 Å². The molecule has 0 radical (unpaired) electrons. The molecule has 2 aromatic rings. The molecule has 0 aliphatic carbocycles. The van der Waals surface area contributed by atoms with Crippen molar-refractivity contribution < 1.29 is 14.3 Å². The summed E-state index contributed by atoms with van der Waals surface area (Å²) in [6.07, 6.45) is 3.86. The first-order chi connectivity index (χ1) is 12.1. The number of hydrogen-bond acceptors (Lipinski definition) is 6. The summed E-state index contributed by atoms with van der Waals surface area (Å²) < 4.78 is 11.9. The first kappa shape index (κ1) is 16.7. The van der Waals surface area contributed by atoms with Gasteiger partial charge in [0.15, 0.2) is 5.69 Å². The highest BCUT2D eigenvalue weighted by molar-refractivity contribution is 5.96. The Morgan fingerprint density at radius 2 is 2.00 bits per heavy atom. The summed E-state index contributed by atoms with van der Waals surface area (Å²) in [4.78, 5) is 14.4. The summed E-state index contributed by atoms with van der Waals surface area (Å²) in [6, 6.07) is 7.67. The van der Waals surface area contributed by atoms with E-state index in [-0.39, 0.29) is 16.9 Å². The number of aromatic nitrogens is 1. The van der Waals surface area contributed by atoms with E-state index in [1.807, 2.05) is 24.3 Å². The number of anilines is 2. The summed E-state index contributed by atoms with van der Waals surface area (Å²) in [5.41, 5.74) is 8.10. The number of benzene rings is 1. The minimum Gasteiger partial charge on any atom is -0.495 e. The first-order valence-electron chi connectivity index (χ1n) is 8.03. The van der Waals surface area contributed by atoms with Gasteiger partial charge in [0.05, 0.1) is 31.2 Å². The fraction of sp³-hybridized carbons (Fsp3) is 0.333. The van der Waals surface area contributed by atoms with Gasteiger partial charge in [0, 0.05) is 31.0 Å². The van der Waals surface area contributed by atoms with Crippen LogP contribution in [0.3, 0.4) is 0 Å². The molecule has 25 heavy (non-hydrogen) atoms. The second-order valence-corrected chi connectivity index (χ2v) is 5.83. The SMILES string of the molecule is COC(=O)c1c(N)c(C#N)cn1-c1ccc(N2CCCC2)c(OC)c1. The number of hydrogen-bond donors (Lipinski definition) is 1. The van der Waals surface area contributed by atoms with Gasteiger partial charge in [0.2, 0.25) is 0 Å². The zero-order valence-electron chi connectivity index (χ0n) is 14.3. The van der Waals surface area contributed by atoms with Crippen LogP contribution < -0.4 is 15.4 Å². The summed E-state index contributed by atoms with van der Waals surface area (Å²) in [7, 11) is 2.90. The Bertz CT molecular complexity index is 845. The molecule has 7 nitrogen and oxygen atoms in total. The van der Waals surface area contributed by atoms with Gasteiger partial charge in [-0.25, -0.2) is 4.79 Å². The molecule has 3 rings (SSSR count). The van der Waals surface area contributed by atoms with Crippen LogP contribution in [-0.4, -0.2) is 37.8 Å². The molecule has 2 heterocycles. The van der Waals surface area contributed by atoms with Crippen molar-refractivity contribution in [2.45, 2.75) is 12.8 Å². The number of rotatable bonds is 4. The van der Waals surface area contributed by atoms with Gasteiger partial charge in [-0.1, -0.05) is 0 Å². The van der Waals surface area contributed by atoms with Crippen molar-refractivity contribution in [3.8, 4) is 17.5 Å². The largest absolute Gasteiger partial charge is 0.495 e. The Kier molecular flexibility index (Phi) is 4.52. The lowest BCUT2D eigenvalue weighted by atomic mass is 10.2. The van der Waals surface area contributed by atoms with Crippen molar-refractivity contribution in [1.82, 2.24) is 4.57 Å². The van der Waals surface area contributed by atoms with E-state index in [1.54, 1.807) is 11.7 Å². The maximum absolute atomic E-state index is 12.1. The molecule has 1 fully saturated rings. The van der Waals surface area contributed by atoms with Crippen LogP contribution in [0, 0.1) is 11.3 Å². The van der Waals surface area contributed by atoms with Crippen LogP contribution >= 0.6 is 0 Å². The fourth-order valence-corrected chi connectivity index (χ4v) is 3.15. The average molecular weight is 340 g/mol. The van der Waals surface area contributed by atoms with Crippen molar-refractivity contribution in [1.29, 1.82) is 5.26 Å². The second-order valence-electron chi connectivity index (χ2n) is 5.83. The normalized spacial score (nSPS) is 13.6. The van der Waals surface area contributed by atoms with Gasteiger partial charge in [0.1, 0.15) is 11.8 Å². The Hall–Kier alpha value is -3.14.